The molecule has 1 aliphatic heterocycles. The van der Waals surface area contributed by atoms with Gasteiger partial charge < -0.3 is 4.74 Å². The lowest BCUT2D eigenvalue weighted by Crippen LogP contribution is -2.33. The van der Waals surface area contributed by atoms with Crippen LogP contribution in [0.15, 0.2) is 90.3 Å². The molecule has 1 fully saturated rings. The van der Waals surface area contributed by atoms with Crippen LogP contribution in [0.2, 0.25) is 0 Å². The molecule has 0 aliphatic carbocycles. The van der Waals surface area contributed by atoms with Crippen LogP contribution >= 0.6 is 12.2 Å². The third-order valence-corrected chi connectivity index (χ3v) is 5.65. The molecule has 0 radical (unpaired) electrons. The van der Waals surface area contributed by atoms with Crippen molar-refractivity contribution in [2.24, 2.45) is 0 Å². The average molecular weight is 446 g/mol. The molecule has 1 heterocycles. The van der Waals surface area contributed by atoms with Gasteiger partial charge in [0, 0.05) is 17.7 Å². The van der Waals surface area contributed by atoms with Crippen molar-refractivity contribution < 1.29 is 13.5 Å². The molecular formula is C27H21F2NOS. The zero-order valence-corrected chi connectivity index (χ0v) is 18.4. The van der Waals surface area contributed by atoms with Crippen LogP contribution in [0, 0.1) is 18.6 Å². The van der Waals surface area contributed by atoms with Gasteiger partial charge in [0.2, 0.25) is 0 Å². The molecule has 0 unspecified atom stereocenters. The predicted molar refractivity (Wildman–Crippen MR) is 129 cm³/mol. The maximum absolute atomic E-state index is 14.5. The molecule has 4 rings (SSSR count). The average Bonchev–Trinajstić information content (AvgIpc) is 2.81. The van der Waals surface area contributed by atoms with Crippen molar-refractivity contribution in [2.45, 2.75) is 19.8 Å². The monoisotopic (exact) mass is 445 g/mol. The van der Waals surface area contributed by atoms with E-state index in [0.29, 0.717) is 29.3 Å². The number of piperidine rings is 1. The summed E-state index contributed by atoms with van der Waals surface area (Å²) in [6.45, 7) is 5.36. The smallest absolute Gasteiger partial charge is 0.166 e. The molecule has 0 aromatic heterocycles. The first-order valence-corrected chi connectivity index (χ1v) is 10.6. The molecule has 160 valence electrons. The zero-order valence-electron chi connectivity index (χ0n) is 17.6. The molecule has 3 aromatic carbocycles. The molecule has 0 bridgehead atoms. The van der Waals surface area contributed by atoms with Gasteiger partial charge in [-0.15, -0.1) is 5.73 Å². The van der Waals surface area contributed by atoms with E-state index in [9.17, 15) is 8.78 Å². The number of allylic oxidation sites excluding steroid dienone is 1. The lowest BCUT2D eigenvalue weighted by Gasteiger charge is -2.33. The highest BCUT2D eigenvalue weighted by Crippen LogP contribution is 2.35. The SMILES string of the molecule is C=C=C1/C(=C/c2ccc(C)c(F)c2F)CCC(=S)N1c1ccc(Oc2ccccc2)cc1. The first-order valence-electron chi connectivity index (χ1n) is 10.2. The van der Waals surface area contributed by atoms with Crippen molar-refractivity contribution in [3.05, 3.63) is 113 Å². The Morgan fingerprint density at radius 1 is 0.938 bits per heavy atom. The molecule has 1 saturated heterocycles. The van der Waals surface area contributed by atoms with Crippen LogP contribution in [-0.4, -0.2) is 4.99 Å². The topological polar surface area (TPSA) is 12.5 Å². The van der Waals surface area contributed by atoms with Crippen LogP contribution in [0.25, 0.3) is 6.08 Å². The number of benzene rings is 3. The standard InChI is InChI=1S/C27H21F2NOS/c1-3-24-19(17-20-10-9-18(2)26(28)27(20)29)11-16-25(32)30(24)21-12-14-23(15-13-21)31-22-7-5-4-6-8-22/h4-10,12-15,17H,1,11,16H2,2H3/b19-17+. The number of rotatable bonds is 4. The molecule has 0 spiro atoms. The van der Waals surface area contributed by atoms with Crippen molar-refractivity contribution in [2.75, 3.05) is 4.90 Å². The second-order valence-electron chi connectivity index (χ2n) is 7.43. The van der Waals surface area contributed by atoms with E-state index in [1.807, 2.05) is 59.5 Å². The van der Waals surface area contributed by atoms with Gasteiger partial charge in [-0.2, -0.15) is 0 Å². The van der Waals surface area contributed by atoms with Gasteiger partial charge in [-0.25, -0.2) is 8.78 Å². The van der Waals surface area contributed by atoms with Crippen molar-refractivity contribution in [1.29, 1.82) is 0 Å². The number of aryl methyl sites for hydroxylation is 1. The van der Waals surface area contributed by atoms with Crippen molar-refractivity contribution in [3.63, 3.8) is 0 Å². The molecule has 0 amide bonds. The van der Waals surface area contributed by atoms with Gasteiger partial charge in [-0.3, -0.25) is 4.90 Å². The van der Waals surface area contributed by atoms with Crippen molar-refractivity contribution in [3.8, 4) is 11.5 Å². The summed E-state index contributed by atoms with van der Waals surface area (Å²) in [5, 5.41) is 0. The number of para-hydroxylation sites is 1. The number of halogens is 2. The van der Waals surface area contributed by atoms with Crippen molar-refractivity contribution >= 4 is 29.0 Å². The molecule has 5 heteroatoms. The van der Waals surface area contributed by atoms with Gasteiger partial charge in [-0.05, 0) is 67.0 Å². The molecule has 1 aliphatic rings. The second kappa shape index (κ2) is 9.31. The number of nitrogens with zero attached hydrogens (tertiary/aromatic N) is 1. The van der Waals surface area contributed by atoms with Gasteiger partial charge in [0.1, 0.15) is 11.5 Å². The molecule has 32 heavy (non-hydrogen) atoms. The Hall–Kier alpha value is -3.53. The molecule has 0 atom stereocenters. The Labute approximate surface area is 191 Å². The van der Waals surface area contributed by atoms with Crippen LogP contribution in [0.1, 0.15) is 24.0 Å². The summed E-state index contributed by atoms with van der Waals surface area (Å²) < 4.78 is 34.4. The van der Waals surface area contributed by atoms with Gasteiger partial charge in [-0.1, -0.05) is 49.1 Å². The van der Waals surface area contributed by atoms with E-state index < -0.39 is 11.6 Å². The summed E-state index contributed by atoms with van der Waals surface area (Å²) in [6.07, 6.45) is 2.84. The maximum Gasteiger partial charge on any atom is 0.166 e. The Morgan fingerprint density at radius 3 is 2.31 bits per heavy atom. The minimum atomic E-state index is -0.858. The van der Waals surface area contributed by atoms with E-state index in [1.165, 1.54) is 6.92 Å². The fourth-order valence-electron chi connectivity index (χ4n) is 3.59. The van der Waals surface area contributed by atoms with Crippen LogP contribution in [0.4, 0.5) is 14.5 Å². The first-order chi connectivity index (χ1) is 15.5. The van der Waals surface area contributed by atoms with Crippen LogP contribution in [0.3, 0.4) is 0 Å². The first kappa shape index (κ1) is 21.7. The van der Waals surface area contributed by atoms with E-state index >= 15 is 0 Å². The quantitative estimate of drug-likeness (QED) is 0.301. The molecule has 0 N–H and O–H groups in total. The predicted octanol–water partition coefficient (Wildman–Crippen LogP) is 7.75. The van der Waals surface area contributed by atoms with Crippen LogP contribution < -0.4 is 9.64 Å². The van der Waals surface area contributed by atoms with Gasteiger partial charge in [0.25, 0.3) is 0 Å². The number of thiocarbonyl (C=S) groups is 1. The highest BCUT2D eigenvalue weighted by Gasteiger charge is 2.26. The Balaban J connectivity index is 1.64. The molecule has 3 aromatic rings. The zero-order chi connectivity index (χ0) is 22.7. The van der Waals surface area contributed by atoms with Crippen LogP contribution in [0.5, 0.6) is 11.5 Å². The summed E-state index contributed by atoms with van der Waals surface area (Å²) in [5.41, 5.74) is 5.66. The summed E-state index contributed by atoms with van der Waals surface area (Å²) >= 11 is 5.62. The summed E-state index contributed by atoms with van der Waals surface area (Å²) in [7, 11) is 0. The Kier molecular flexibility index (Phi) is 6.31. The number of ether oxygens (including phenoxy) is 1. The van der Waals surface area contributed by atoms with E-state index in [4.69, 9.17) is 17.0 Å². The van der Waals surface area contributed by atoms with Gasteiger partial charge in [0.15, 0.2) is 11.6 Å². The lowest BCUT2D eigenvalue weighted by molar-refractivity contribution is 0.483. The van der Waals surface area contributed by atoms with E-state index in [0.717, 1.165) is 17.0 Å². The fourth-order valence-corrected chi connectivity index (χ4v) is 3.89. The highest BCUT2D eigenvalue weighted by molar-refractivity contribution is 7.80. The lowest BCUT2D eigenvalue weighted by atomic mass is 9.97. The Bertz CT molecular complexity index is 1240. The Morgan fingerprint density at radius 2 is 1.62 bits per heavy atom. The maximum atomic E-state index is 14.5. The fraction of sp³-hybridized carbons (Fsp3) is 0.111. The van der Waals surface area contributed by atoms with E-state index in [2.05, 4.69) is 12.3 Å². The molecule has 2 nitrogen and oxygen atoms in total. The summed E-state index contributed by atoms with van der Waals surface area (Å²) in [5.74, 6) is -0.248. The largest absolute Gasteiger partial charge is 0.457 e. The van der Waals surface area contributed by atoms with Crippen molar-refractivity contribution in [1.82, 2.24) is 0 Å². The van der Waals surface area contributed by atoms with E-state index in [-0.39, 0.29) is 11.1 Å². The van der Waals surface area contributed by atoms with Gasteiger partial charge in [0.05, 0.1) is 10.7 Å². The third kappa shape index (κ3) is 4.40. The highest BCUT2D eigenvalue weighted by atomic mass is 32.1. The molecule has 0 saturated carbocycles. The number of anilines is 1. The minimum absolute atomic E-state index is 0.190. The number of hydrogen-bond acceptors (Lipinski definition) is 2. The number of hydrogen-bond donors (Lipinski definition) is 0. The van der Waals surface area contributed by atoms with Gasteiger partial charge >= 0.3 is 0 Å². The normalized spacial score (nSPS) is 15.1. The molecular weight excluding hydrogens is 424 g/mol. The summed E-state index contributed by atoms with van der Waals surface area (Å²) in [4.78, 5) is 2.58. The third-order valence-electron chi connectivity index (χ3n) is 5.26. The van der Waals surface area contributed by atoms with Crippen LogP contribution in [-0.2, 0) is 0 Å². The second-order valence-corrected chi connectivity index (χ2v) is 7.90. The van der Waals surface area contributed by atoms with E-state index in [1.54, 1.807) is 18.2 Å². The minimum Gasteiger partial charge on any atom is -0.457 e. The summed E-state index contributed by atoms with van der Waals surface area (Å²) in [6, 6.07) is 20.2.